The van der Waals surface area contributed by atoms with E-state index in [4.69, 9.17) is 0 Å². The molecule has 0 atom stereocenters. The number of carbonyl (C=O) groups excluding carboxylic acids is 3. The van der Waals surface area contributed by atoms with Gasteiger partial charge < -0.3 is 15.5 Å². The normalized spacial score (nSPS) is 13.2. The van der Waals surface area contributed by atoms with E-state index >= 15 is 0 Å². The standard InChI is InChI=1S/C24H26N6O3/c1-17-7-2-3-8-18(17)16-29-11-6-12-30-21(24(29)33)13-20(28-30)23(32)27-15-22(31)26-14-19-9-4-5-10-25-19/h2-5,7-10,13H,6,11-12,14-16H2,1H3,(H,26,31)(H,27,32). The molecule has 33 heavy (non-hydrogen) atoms. The number of fused-ring (bicyclic) bond motifs is 1. The minimum absolute atomic E-state index is 0.119. The molecular weight excluding hydrogens is 420 g/mol. The first-order chi connectivity index (χ1) is 16.0. The van der Waals surface area contributed by atoms with Gasteiger partial charge in [0.2, 0.25) is 5.91 Å². The van der Waals surface area contributed by atoms with Gasteiger partial charge in [-0.05, 0) is 36.6 Å². The maximum absolute atomic E-state index is 13.1. The summed E-state index contributed by atoms with van der Waals surface area (Å²) in [6, 6.07) is 14.9. The minimum Gasteiger partial charge on any atom is -0.349 e. The average molecular weight is 447 g/mol. The summed E-state index contributed by atoms with van der Waals surface area (Å²) < 4.78 is 1.58. The van der Waals surface area contributed by atoms with Gasteiger partial charge in [0, 0.05) is 31.9 Å². The predicted molar refractivity (Wildman–Crippen MR) is 121 cm³/mol. The van der Waals surface area contributed by atoms with Crippen LogP contribution in [0.5, 0.6) is 0 Å². The Morgan fingerprint density at radius 1 is 1.06 bits per heavy atom. The fraction of sp³-hybridized carbons (Fsp3) is 0.292. The number of nitrogens with zero attached hydrogens (tertiary/aromatic N) is 4. The van der Waals surface area contributed by atoms with Crippen molar-refractivity contribution in [2.75, 3.05) is 13.1 Å². The van der Waals surface area contributed by atoms with E-state index in [-0.39, 0.29) is 30.6 Å². The molecule has 9 nitrogen and oxygen atoms in total. The predicted octanol–water partition coefficient (Wildman–Crippen LogP) is 1.68. The lowest BCUT2D eigenvalue weighted by atomic mass is 10.1. The van der Waals surface area contributed by atoms with E-state index < -0.39 is 5.91 Å². The molecule has 2 aromatic heterocycles. The molecule has 3 heterocycles. The van der Waals surface area contributed by atoms with Gasteiger partial charge in [-0.3, -0.25) is 24.0 Å². The van der Waals surface area contributed by atoms with Crippen LogP contribution in [0, 0.1) is 6.92 Å². The van der Waals surface area contributed by atoms with Crippen LogP contribution >= 0.6 is 0 Å². The zero-order valence-electron chi connectivity index (χ0n) is 18.5. The third-order valence-electron chi connectivity index (χ3n) is 5.54. The fourth-order valence-electron chi connectivity index (χ4n) is 3.69. The van der Waals surface area contributed by atoms with E-state index in [0.717, 1.165) is 23.2 Å². The zero-order chi connectivity index (χ0) is 23.2. The van der Waals surface area contributed by atoms with Crippen molar-refractivity contribution in [2.45, 2.75) is 33.0 Å². The van der Waals surface area contributed by atoms with Crippen molar-refractivity contribution in [2.24, 2.45) is 0 Å². The van der Waals surface area contributed by atoms with Gasteiger partial charge in [0.15, 0.2) is 5.69 Å². The summed E-state index contributed by atoms with van der Waals surface area (Å²) in [6.45, 7) is 3.78. The van der Waals surface area contributed by atoms with E-state index in [2.05, 4.69) is 20.7 Å². The lowest BCUT2D eigenvalue weighted by Gasteiger charge is -2.21. The molecule has 0 saturated carbocycles. The third-order valence-corrected chi connectivity index (χ3v) is 5.54. The summed E-state index contributed by atoms with van der Waals surface area (Å²) in [4.78, 5) is 43.7. The average Bonchev–Trinajstić information content (AvgIpc) is 3.20. The summed E-state index contributed by atoms with van der Waals surface area (Å²) in [5, 5.41) is 9.57. The Hall–Kier alpha value is -4.01. The van der Waals surface area contributed by atoms with E-state index in [0.29, 0.717) is 25.3 Å². The van der Waals surface area contributed by atoms with Gasteiger partial charge >= 0.3 is 0 Å². The summed E-state index contributed by atoms with van der Waals surface area (Å²) in [7, 11) is 0. The Morgan fingerprint density at radius 3 is 2.67 bits per heavy atom. The molecule has 0 bridgehead atoms. The topological polar surface area (TPSA) is 109 Å². The largest absolute Gasteiger partial charge is 0.349 e. The first-order valence-electron chi connectivity index (χ1n) is 10.9. The molecule has 0 saturated heterocycles. The van der Waals surface area contributed by atoms with E-state index in [1.165, 1.54) is 6.07 Å². The molecule has 0 radical (unpaired) electrons. The number of aryl methyl sites for hydroxylation is 2. The summed E-state index contributed by atoms with van der Waals surface area (Å²) in [5.41, 5.74) is 3.45. The molecule has 1 aliphatic rings. The van der Waals surface area contributed by atoms with Gasteiger partial charge in [-0.2, -0.15) is 5.10 Å². The number of nitrogens with one attached hydrogen (secondary N) is 2. The molecule has 3 aromatic rings. The molecule has 9 heteroatoms. The second-order valence-corrected chi connectivity index (χ2v) is 7.93. The Labute approximate surface area is 191 Å². The van der Waals surface area contributed by atoms with Crippen molar-refractivity contribution in [3.8, 4) is 0 Å². The molecule has 170 valence electrons. The highest BCUT2D eigenvalue weighted by Gasteiger charge is 2.26. The van der Waals surface area contributed by atoms with Crippen LogP contribution in [0.25, 0.3) is 0 Å². The lowest BCUT2D eigenvalue weighted by molar-refractivity contribution is -0.120. The molecule has 3 amide bonds. The van der Waals surface area contributed by atoms with Crippen LogP contribution in [0.4, 0.5) is 0 Å². The number of hydrogen-bond acceptors (Lipinski definition) is 5. The van der Waals surface area contributed by atoms with E-state index in [1.807, 2.05) is 37.3 Å². The molecular formula is C24H26N6O3. The summed E-state index contributed by atoms with van der Waals surface area (Å²) in [5.74, 6) is -0.993. The fourth-order valence-corrected chi connectivity index (χ4v) is 3.69. The number of hydrogen-bond donors (Lipinski definition) is 2. The maximum Gasteiger partial charge on any atom is 0.272 e. The molecule has 0 fully saturated rings. The van der Waals surface area contributed by atoms with Crippen LogP contribution in [0.2, 0.25) is 0 Å². The highest BCUT2D eigenvalue weighted by atomic mass is 16.2. The van der Waals surface area contributed by atoms with Gasteiger partial charge in [-0.25, -0.2) is 0 Å². The molecule has 0 aliphatic carbocycles. The Balaban J connectivity index is 1.36. The molecule has 0 spiro atoms. The second kappa shape index (κ2) is 10.1. The van der Waals surface area contributed by atoms with Crippen LogP contribution in [0.1, 0.15) is 44.2 Å². The van der Waals surface area contributed by atoms with Crippen molar-refractivity contribution in [1.82, 2.24) is 30.3 Å². The Kier molecular flexibility index (Phi) is 6.77. The van der Waals surface area contributed by atoms with Crippen LogP contribution in [-0.2, 0) is 24.4 Å². The van der Waals surface area contributed by atoms with Crippen LogP contribution < -0.4 is 10.6 Å². The number of aromatic nitrogens is 3. The lowest BCUT2D eigenvalue weighted by Crippen LogP contribution is -2.37. The number of amides is 3. The number of rotatable bonds is 7. The first-order valence-corrected chi connectivity index (χ1v) is 10.9. The highest BCUT2D eigenvalue weighted by Crippen LogP contribution is 2.18. The number of carbonyl (C=O) groups is 3. The number of benzene rings is 1. The second-order valence-electron chi connectivity index (χ2n) is 7.93. The monoisotopic (exact) mass is 446 g/mol. The summed E-state index contributed by atoms with van der Waals surface area (Å²) >= 11 is 0. The van der Waals surface area contributed by atoms with E-state index in [1.54, 1.807) is 27.9 Å². The Bertz CT molecular complexity index is 1160. The van der Waals surface area contributed by atoms with Gasteiger partial charge in [-0.15, -0.1) is 0 Å². The first kappa shape index (κ1) is 22.2. The molecule has 1 aliphatic heterocycles. The van der Waals surface area contributed by atoms with Gasteiger partial charge in [0.05, 0.1) is 18.8 Å². The third kappa shape index (κ3) is 5.43. The van der Waals surface area contributed by atoms with Gasteiger partial charge in [0.25, 0.3) is 11.8 Å². The molecule has 0 unspecified atom stereocenters. The smallest absolute Gasteiger partial charge is 0.272 e. The van der Waals surface area contributed by atoms with Crippen molar-refractivity contribution in [1.29, 1.82) is 0 Å². The van der Waals surface area contributed by atoms with Gasteiger partial charge in [0.1, 0.15) is 5.69 Å². The molecule has 2 N–H and O–H groups in total. The number of pyridine rings is 1. The van der Waals surface area contributed by atoms with Crippen molar-refractivity contribution >= 4 is 17.7 Å². The van der Waals surface area contributed by atoms with Crippen molar-refractivity contribution in [3.63, 3.8) is 0 Å². The van der Waals surface area contributed by atoms with Crippen LogP contribution in [0.3, 0.4) is 0 Å². The van der Waals surface area contributed by atoms with E-state index in [9.17, 15) is 14.4 Å². The molecule has 1 aromatic carbocycles. The maximum atomic E-state index is 13.1. The molecule has 4 rings (SSSR count). The summed E-state index contributed by atoms with van der Waals surface area (Å²) in [6.07, 6.45) is 2.39. The van der Waals surface area contributed by atoms with Crippen molar-refractivity contribution in [3.05, 3.63) is 82.9 Å². The van der Waals surface area contributed by atoms with Crippen LogP contribution in [-0.4, -0.2) is 50.5 Å². The quantitative estimate of drug-likeness (QED) is 0.574. The Morgan fingerprint density at radius 2 is 1.88 bits per heavy atom. The zero-order valence-corrected chi connectivity index (χ0v) is 18.5. The van der Waals surface area contributed by atoms with Crippen LogP contribution in [0.15, 0.2) is 54.7 Å². The van der Waals surface area contributed by atoms with Gasteiger partial charge in [-0.1, -0.05) is 30.3 Å². The SMILES string of the molecule is Cc1ccccc1CN1CCCn2nc(C(=O)NCC(=O)NCc3ccccn3)cc2C1=O. The van der Waals surface area contributed by atoms with Crippen molar-refractivity contribution < 1.29 is 14.4 Å². The minimum atomic E-state index is -0.498. The highest BCUT2D eigenvalue weighted by molar-refractivity contribution is 5.99.